The molecule has 0 heterocycles. The van der Waals surface area contributed by atoms with E-state index in [2.05, 4.69) is 19.7 Å². The first kappa shape index (κ1) is 27.5. The van der Waals surface area contributed by atoms with Crippen molar-refractivity contribution in [3.63, 3.8) is 0 Å². The standard InChI is InChI=1S/C24H45O3P/c1-4-7-10-13-16-19-22-25-28(26-23-20-17-14-11-8-5-2)27-24-21-18-15-12-9-6-3/h4-6H,1-3,7-24H2. The lowest BCUT2D eigenvalue weighted by Gasteiger charge is -2.17. The zero-order chi connectivity index (χ0) is 20.5. The van der Waals surface area contributed by atoms with Crippen molar-refractivity contribution in [2.75, 3.05) is 19.8 Å². The second-order valence-corrected chi connectivity index (χ2v) is 8.42. The molecule has 0 aromatic heterocycles. The Labute approximate surface area is 176 Å². The molecule has 3 nitrogen and oxygen atoms in total. The molecule has 0 aliphatic heterocycles. The molecule has 0 aliphatic rings. The summed E-state index contributed by atoms with van der Waals surface area (Å²) in [7, 11) is -1.19. The number of unbranched alkanes of at least 4 members (excludes halogenated alkanes) is 12. The van der Waals surface area contributed by atoms with Crippen molar-refractivity contribution in [1.29, 1.82) is 0 Å². The first-order chi connectivity index (χ1) is 13.8. The molecule has 0 aromatic carbocycles. The zero-order valence-electron chi connectivity index (χ0n) is 18.3. The van der Waals surface area contributed by atoms with Gasteiger partial charge in [0.1, 0.15) is 0 Å². The maximum absolute atomic E-state index is 5.91. The Morgan fingerprint density at radius 1 is 0.429 bits per heavy atom. The van der Waals surface area contributed by atoms with Gasteiger partial charge in [-0.05, 0) is 57.8 Å². The van der Waals surface area contributed by atoms with E-state index in [0.717, 1.165) is 58.3 Å². The Bertz CT molecular complexity index is 294. The van der Waals surface area contributed by atoms with Crippen molar-refractivity contribution in [3.05, 3.63) is 38.0 Å². The van der Waals surface area contributed by atoms with E-state index >= 15 is 0 Å². The Balaban J connectivity index is 3.83. The van der Waals surface area contributed by atoms with Gasteiger partial charge in [0.15, 0.2) is 0 Å². The van der Waals surface area contributed by atoms with Crippen molar-refractivity contribution >= 4 is 8.60 Å². The van der Waals surface area contributed by atoms with Gasteiger partial charge in [0.05, 0.1) is 19.8 Å². The highest BCUT2D eigenvalue weighted by Gasteiger charge is 2.12. The Hall–Kier alpha value is -0.470. The third-order valence-electron chi connectivity index (χ3n) is 4.50. The fourth-order valence-electron chi connectivity index (χ4n) is 2.76. The highest BCUT2D eigenvalue weighted by molar-refractivity contribution is 7.41. The van der Waals surface area contributed by atoms with Gasteiger partial charge in [-0.1, -0.05) is 56.8 Å². The summed E-state index contributed by atoms with van der Waals surface area (Å²) in [5.74, 6) is 0. The highest BCUT2D eigenvalue weighted by Crippen LogP contribution is 2.40. The maximum atomic E-state index is 5.91. The van der Waals surface area contributed by atoms with Crippen molar-refractivity contribution in [2.24, 2.45) is 0 Å². The van der Waals surface area contributed by atoms with Crippen molar-refractivity contribution in [1.82, 2.24) is 0 Å². The van der Waals surface area contributed by atoms with Crippen LogP contribution >= 0.6 is 8.60 Å². The molecule has 4 heteroatoms. The molecule has 0 saturated heterocycles. The van der Waals surface area contributed by atoms with Gasteiger partial charge in [-0.15, -0.1) is 19.7 Å². The van der Waals surface area contributed by atoms with Crippen LogP contribution in [0.25, 0.3) is 0 Å². The van der Waals surface area contributed by atoms with E-state index in [0.29, 0.717) is 0 Å². The van der Waals surface area contributed by atoms with Crippen molar-refractivity contribution in [3.8, 4) is 0 Å². The summed E-state index contributed by atoms with van der Waals surface area (Å²) in [5.41, 5.74) is 0. The van der Waals surface area contributed by atoms with Crippen molar-refractivity contribution in [2.45, 2.75) is 96.3 Å². The summed E-state index contributed by atoms with van der Waals surface area (Å²) in [4.78, 5) is 0. The van der Waals surface area contributed by atoms with E-state index in [9.17, 15) is 0 Å². The number of hydrogen-bond acceptors (Lipinski definition) is 3. The quantitative estimate of drug-likeness (QED) is 0.0901. The van der Waals surface area contributed by atoms with Gasteiger partial charge < -0.3 is 13.6 Å². The molecule has 0 aromatic rings. The van der Waals surface area contributed by atoms with Crippen LogP contribution in [-0.4, -0.2) is 19.8 Å². The van der Waals surface area contributed by atoms with Gasteiger partial charge in [-0.25, -0.2) is 0 Å². The normalized spacial score (nSPS) is 11.0. The fourth-order valence-corrected chi connectivity index (χ4v) is 3.82. The summed E-state index contributed by atoms with van der Waals surface area (Å²) < 4.78 is 17.7. The summed E-state index contributed by atoms with van der Waals surface area (Å²) in [6.45, 7) is 13.5. The van der Waals surface area contributed by atoms with Crippen LogP contribution in [0.4, 0.5) is 0 Å². The molecule has 0 unspecified atom stereocenters. The highest BCUT2D eigenvalue weighted by atomic mass is 31.2. The molecule has 0 aliphatic carbocycles. The minimum atomic E-state index is -1.19. The molecule has 0 saturated carbocycles. The van der Waals surface area contributed by atoms with E-state index in [-0.39, 0.29) is 0 Å². The van der Waals surface area contributed by atoms with Crippen LogP contribution in [0.5, 0.6) is 0 Å². The molecule has 0 radical (unpaired) electrons. The Morgan fingerprint density at radius 3 is 1.00 bits per heavy atom. The summed E-state index contributed by atoms with van der Waals surface area (Å²) in [5, 5.41) is 0. The van der Waals surface area contributed by atoms with Gasteiger partial charge in [0.25, 0.3) is 0 Å². The monoisotopic (exact) mass is 412 g/mol. The lowest BCUT2D eigenvalue weighted by atomic mass is 10.1. The van der Waals surface area contributed by atoms with Crippen molar-refractivity contribution < 1.29 is 13.6 Å². The van der Waals surface area contributed by atoms with Crippen LogP contribution in [0.1, 0.15) is 96.3 Å². The Kier molecular flexibility index (Phi) is 24.2. The number of rotatable bonds is 24. The van der Waals surface area contributed by atoms with Crippen LogP contribution in [0.15, 0.2) is 38.0 Å². The van der Waals surface area contributed by atoms with E-state index in [1.165, 1.54) is 57.8 Å². The van der Waals surface area contributed by atoms with Crippen LogP contribution in [0.3, 0.4) is 0 Å². The maximum Gasteiger partial charge on any atom is 0.332 e. The molecule has 0 atom stereocenters. The lowest BCUT2D eigenvalue weighted by Crippen LogP contribution is -2.00. The predicted octanol–water partition coefficient (Wildman–Crippen LogP) is 8.67. The molecule has 28 heavy (non-hydrogen) atoms. The van der Waals surface area contributed by atoms with Gasteiger partial charge in [-0.2, -0.15) is 0 Å². The van der Waals surface area contributed by atoms with E-state index < -0.39 is 8.60 Å². The van der Waals surface area contributed by atoms with Crippen LogP contribution in [0, 0.1) is 0 Å². The SMILES string of the molecule is C=CCCCCCCOP(OCCCCCCC=C)OCCCCCCC=C. The molecule has 0 spiro atoms. The topological polar surface area (TPSA) is 27.7 Å². The van der Waals surface area contributed by atoms with Crippen LogP contribution in [0.2, 0.25) is 0 Å². The molecule has 0 amide bonds. The zero-order valence-corrected chi connectivity index (χ0v) is 19.1. The van der Waals surface area contributed by atoms with Crippen LogP contribution < -0.4 is 0 Å². The Morgan fingerprint density at radius 2 is 0.714 bits per heavy atom. The van der Waals surface area contributed by atoms with E-state index in [4.69, 9.17) is 13.6 Å². The third-order valence-corrected chi connectivity index (χ3v) is 5.68. The molecule has 0 bridgehead atoms. The summed E-state index contributed by atoms with van der Waals surface area (Å²) in [6.07, 6.45) is 23.5. The molecule has 164 valence electrons. The molecular weight excluding hydrogens is 367 g/mol. The minimum Gasteiger partial charge on any atom is -0.312 e. The fraction of sp³-hybridized carbons (Fsp3) is 0.750. The third kappa shape index (κ3) is 21.8. The average molecular weight is 413 g/mol. The van der Waals surface area contributed by atoms with E-state index in [1.54, 1.807) is 0 Å². The molecule has 0 rings (SSSR count). The lowest BCUT2D eigenvalue weighted by molar-refractivity contribution is 0.154. The average Bonchev–Trinajstić information content (AvgIpc) is 2.71. The van der Waals surface area contributed by atoms with Gasteiger partial charge in [0.2, 0.25) is 0 Å². The van der Waals surface area contributed by atoms with E-state index in [1.807, 2.05) is 18.2 Å². The smallest absolute Gasteiger partial charge is 0.312 e. The van der Waals surface area contributed by atoms with Gasteiger partial charge in [-0.3, -0.25) is 0 Å². The molecule has 0 N–H and O–H groups in total. The largest absolute Gasteiger partial charge is 0.332 e. The second-order valence-electron chi connectivity index (χ2n) is 7.20. The van der Waals surface area contributed by atoms with Gasteiger partial charge >= 0.3 is 8.60 Å². The predicted molar refractivity (Wildman–Crippen MR) is 125 cm³/mol. The summed E-state index contributed by atoms with van der Waals surface area (Å²) >= 11 is 0. The second kappa shape index (κ2) is 24.6. The number of allylic oxidation sites excluding steroid dienone is 3. The first-order valence-corrected chi connectivity index (χ1v) is 12.5. The van der Waals surface area contributed by atoms with Gasteiger partial charge in [0, 0.05) is 0 Å². The molecular formula is C24H45O3P. The molecule has 0 fully saturated rings. The van der Waals surface area contributed by atoms with Crippen LogP contribution in [-0.2, 0) is 13.6 Å². The minimum absolute atomic E-state index is 0.735. The first-order valence-electron chi connectivity index (χ1n) is 11.4. The summed E-state index contributed by atoms with van der Waals surface area (Å²) in [6, 6.07) is 0. The number of hydrogen-bond donors (Lipinski definition) is 0.